The Hall–Kier alpha value is -1.91. The molecule has 1 aromatic heterocycles. The van der Waals surface area contributed by atoms with Gasteiger partial charge in [-0.3, -0.25) is 14.6 Å². The molecule has 0 aromatic carbocycles. The monoisotopic (exact) mass is 329 g/mol. The van der Waals surface area contributed by atoms with Gasteiger partial charge in [0.05, 0.1) is 11.9 Å². The van der Waals surface area contributed by atoms with Crippen LogP contribution in [0.3, 0.4) is 0 Å². The molecule has 0 radical (unpaired) electrons. The van der Waals surface area contributed by atoms with Crippen molar-refractivity contribution in [1.82, 2.24) is 9.88 Å². The molecular formula is C19H27N3O2. The molecule has 5 heteroatoms. The first kappa shape index (κ1) is 16.9. The van der Waals surface area contributed by atoms with Crippen LogP contribution in [0.1, 0.15) is 56.9 Å². The number of hydrogen-bond acceptors (Lipinski definition) is 3. The number of nitrogens with one attached hydrogen (secondary N) is 1. The van der Waals surface area contributed by atoms with Crippen molar-refractivity contribution in [3.8, 4) is 0 Å². The summed E-state index contributed by atoms with van der Waals surface area (Å²) >= 11 is 0. The molecule has 1 aromatic rings. The maximum absolute atomic E-state index is 12.7. The summed E-state index contributed by atoms with van der Waals surface area (Å²) in [5.41, 5.74) is 1.54. The Bertz CT molecular complexity index is 596. The Morgan fingerprint density at radius 3 is 2.58 bits per heavy atom. The lowest BCUT2D eigenvalue weighted by Gasteiger charge is -2.41. The lowest BCUT2D eigenvalue weighted by molar-refractivity contribution is -0.147. The first-order valence-electron chi connectivity index (χ1n) is 9.19. The fraction of sp³-hybridized carbons (Fsp3) is 0.632. The van der Waals surface area contributed by atoms with Crippen molar-refractivity contribution < 1.29 is 9.59 Å². The molecule has 5 nitrogen and oxygen atoms in total. The molecule has 1 aliphatic carbocycles. The van der Waals surface area contributed by atoms with Gasteiger partial charge in [-0.2, -0.15) is 0 Å². The highest BCUT2D eigenvalue weighted by atomic mass is 16.2. The van der Waals surface area contributed by atoms with Crippen LogP contribution in [0.15, 0.2) is 18.5 Å². The Labute approximate surface area is 143 Å². The van der Waals surface area contributed by atoms with E-state index in [1.54, 1.807) is 12.4 Å². The van der Waals surface area contributed by atoms with Crippen molar-refractivity contribution in [1.29, 1.82) is 0 Å². The van der Waals surface area contributed by atoms with E-state index in [0.29, 0.717) is 18.2 Å². The molecule has 1 atom stereocenters. The van der Waals surface area contributed by atoms with E-state index in [4.69, 9.17) is 0 Å². The third-order valence-electron chi connectivity index (χ3n) is 5.33. The summed E-state index contributed by atoms with van der Waals surface area (Å²) in [6.07, 6.45) is 12.7. The van der Waals surface area contributed by atoms with Crippen LogP contribution < -0.4 is 5.32 Å². The van der Waals surface area contributed by atoms with Crippen molar-refractivity contribution in [3.05, 3.63) is 24.0 Å². The number of likely N-dealkylation sites (tertiary alicyclic amines) is 1. The van der Waals surface area contributed by atoms with Crippen molar-refractivity contribution in [2.45, 2.75) is 64.3 Å². The highest BCUT2D eigenvalue weighted by Crippen LogP contribution is 2.33. The van der Waals surface area contributed by atoms with Gasteiger partial charge in [-0.05, 0) is 56.6 Å². The number of piperidine rings is 1. The van der Waals surface area contributed by atoms with Crippen LogP contribution >= 0.6 is 0 Å². The number of carbonyl (C=O) groups is 2. The number of anilines is 1. The van der Waals surface area contributed by atoms with Crippen LogP contribution in [-0.4, -0.2) is 34.3 Å². The smallest absolute Gasteiger partial charge is 0.313 e. The Kier molecular flexibility index (Phi) is 5.48. The maximum atomic E-state index is 12.7. The summed E-state index contributed by atoms with van der Waals surface area (Å²) in [4.78, 5) is 31.1. The fourth-order valence-electron chi connectivity index (χ4n) is 4.16. The van der Waals surface area contributed by atoms with Gasteiger partial charge in [0, 0.05) is 18.8 Å². The van der Waals surface area contributed by atoms with Crippen LogP contribution in [0.4, 0.5) is 5.69 Å². The molecule has 2 aliphatic rings. The van der Waals surface area contributed by atoms with Gasteiger partial charge in [0.25, 0.3) is 0 Å². The summed E-state index contributed by atoms with van der Waals surface area (Å²) in [6.45, 7) is 2.62. The molecule has 1 aliphatic heterocycles. The number of aryl methyl sites for hydroxylation is 1. The van der Waals surface area contributed by atoms with Gasteiger partial charge in [0.1, 0.15) is 0 Å². The van der Waals surface area contributed by atoms with E-state index in [0.717, 1.165) is 24.8 Å². The summed E-state index contributed by atoms with van der Waals surface area (Å²) in [6, 6.07) is 2.07. The highest BCUT2D eigenvalue weighted by molar-refractivity contribution is 6.39. The molecule has 2 heterocycles. The van der Waals surface area contributed by atoms with E-state index < -0.39 is 5.91 Å². The van der Waals surface area contributed by atoms with Gasteiger partial charge in [0.2, 0.25) is 0 Å². The summed E-state index contributed by atoms with van der Waals surface area (Å²) < 4.78 is 0. The number of pyridine rings is 1. The summed E-state index contributed by atoms with van der Waals surface area (Å²) in [5.74, 6) is -0.353. The topological polar surface area (TPSA) is 62.3 Å². The zero-order valence-electron chi connectivity index (χ0n) is 14.5. The first-order valence-corrected chi connectivity index (χ1v) is 9.19. The molecular weight excluding hydrogens is 302 g/mol. The quantitative estimate of drug-likeness (QED) is 0.847. The van der Waals surface area contributed by atoms with Crippen LogP contribution in [0.5, 0.6) is 0 Å². The van der Waals surface area contributed by atoms with Crippen molar-refractivity contribution in [2.24, 2.45) is 5.92 Å². The summed E-state index contributed by atoms with van der Waals surface area (Å²) in [7, 11) is 0. The second kappa shape index (κ2) is 7.77. The molecule has 2 amide bonds. The first-order chi connectivity index (χ1) is 11.6. The molecule has 130 valence electrons. The Morgan fingerprint density at radius 1 is 1.08 bits per heavy atom. The molecule has 0 bridgehead atoms. The lowest BCUT2D eigenvalue weighted by Crippen LogP contribution is -2.51. The number of hydrogen-bond donors (Lipinski definition) is 1. The fourth-order valence-corrected chi connectivity index (χ4v) is 4.16. The average molecular weight is 329 g/mol. The predicted octanol–water partition coefficient (Wildman–Crippen LogP) is 3.29. The molecule has 0 spiro atoms. The van der Waals surface area contributed by atoms with Crippen LogP contribution in [0.25, 0.3) is 0 Å². The molecule has 1 N–H and O–H groups in total. The second-order valence-electron chi connectivity index (χ2n) is 7.16. The van der Waals surface area contributed by atoms with Gasteiger partial charge in [-0.1, -0.05) is 19.3 Å². The number of nitrogens with zero attached hydrogens (tertiary/aromatic N) is 2. The SMILES string of the molecule is Cc1cncc(NC(=O)C(=O)N2CCCCC2C2CCCCC2)c1. The minimum atomic E-state index is -0.537. The number of rotatable bonds is 2. The van der Waals surface area contributed by atoms with Crippen molar-refractivity contribution >= 4 is 17.5 Å². The van der Waals surface area contributed by atoms with Crippen LogP contribution in [0.2, 0.25) is 0 Å². The van der Waals surface area contributed by atoms with Gasteiger partial charge < -0.3 is 10.2 Å². The van der Waals surface area contributed by atoms with E-state index in [1.807, 2.05) is 17.9 Å². The minimum Gasteiger partial charge on any atom is -0.331 e. The summed E-state index contributed by atoms with van der Waals surface area (Å²) in [5, 5.41) is 2.71. The maximum Gasteiger partial charge on any atom is 0.313 e. The normalized spacial score (nSPS) is 22.2. The molecule has 3 rings (SSSR count). The molecule has 1 unspecified atom stereocenters. The van der Waals surface area contributed by atoms with Crippen LogP contribution in [-0.2, 0) is 9.59 Å². The standard InChI is InChI=1S/C19H27N3O2/c1-14-11-16(13-20-12-14)21-18(23)19(24)22-10-6-5-9-17(22)15-7-3-2-4-8-15/h11-13,15,17H,2-10H2,1H3,(H,21,23). The van der Waals surface area contributed by atoms with E-state index in [-0.39, 0.29) is 11.9 Å². The Balaban J connectivity index is 1.67. The van der Waals surface area contributed by atoms with Gasteiger partial charge in [-0.15, -0.1) is 0 Å². The van der Waals surface area contributed by atoms with Gasteiger partial charge in [0.15, 0.2) is 0 Å². The second-order valence-corrected chi connectivity index (χ2v) is 7.16. The van der Waals surface area contributed by atoms with Crippen molar-refractivity contribution in [3.63, 3.8) is 0 Å². The van der Waals surface area contributed by atoms with E-state index >= 15 is 0 Å². The van der Waals surface area contributed by atoms with E-state index in [1.165, 1.54) is 32.1 Å². The third-order valence-corrected chi connectivity index (χ3v) is 5.33. The number of carbonyl (C=O) groups excluding carboxylic acids is 2. The molecule has 1 saturated heterocycles. The largest absolute Gasteiger partial charge is 0.331 e. The molecule has 1 saturated carbocycles. The zero-order chi connectivity index (χ0) is 16.9. The lowest BCUT2D eigenvalue weighted by atomic mass is 9.80. The number of amides is 2. The van der Waals surface area contributed by atoms with E-state index in [2.05, 4.69) is 10.3 Å². The average Bonchev–Trinajstić information content (AvgIpc) is 2.62. The van der Waals surface area contributed by atoms with E-state index in [9.17, 15) is 9.59 Å². The minimum absolute atomic E-state index is 0.243. The zero-order valence-corrected chi connectivity index (χ0v) is 14.5. The number of aromatic nitrogens is 1. The third kappa shape index (κ3) is 3.94. The predicted molar refractivity (Wildman–Crippen MR) is 93.5 cm³/mol. The Morgan fingerprint density at radius 2 is 1.83 bits per heavy atom. The van der Waals surface area contributed by atoms with Crippen LogP contribution in [0, 0.1) is 12.8 Å². The van der Waals surface area contributed by atoms with Gasteiger partial charge in [-0.25, -0.2) is 0 Å². The molecule has 2 fully saturated rings. The van der Waals surface area contributed by atoms with Gasteiger partial charge >= 0.3 is 11.8 Å². The van der Waals surface area contributed by atoms with Crippen molar-refractivity contribution in [2.75, 3.05) is 11.9 Å². The highest BCUT2D eigenvalue weighted by Gasteiger charge is 2.35. The molecule has 24 heavy (non-hydrogen) atoms.